The van der Waals surface area contributed by atoms with Crippen LogP contribution in [0.1, 0.15) is 16.9 Å². The molecule has 1 fully saturated rings. The van der Waals surface area contributed by atoms with Gasteiger partial charge in [0, 0.05) is 23.5 Å². The van der Waals surface area contributed by atoms with Crippen LogP contribution in [0.4, 0.5) is 0 Å². The molecule has 0 spiro atoms. The number of carbonyl (C=O) groups excluding carboxylic acids is 2. The van der Waals surface area contributed by atoms with E-state index < -0.39 is 6.04 Å². The van der Waals surface area contributed by atoms with Gasteiger partial charge in [-0.25, -0.2) is 4.98 Å². The van der Waals surface area contributed by atoms with E-state index in [2.05, 4.69) is 20.3 Å². The fraction of sp³-hybridized carbons (Fsp3) is 0.250. The summed E-state index contributed by atoms with van der Waals surface area (Å²) in [7, 11) is 0. The molecule has 1 aliphatic heterocycles. The number of thioether (sulfide) groups is 1. The second-order valence-electron chi connectivity index (χ2n) is 4.11. The van der Waals surface area contributed by atoms with Crippen molar-refractivity contribution < 1.29 is 9.59 Å². The molecule has 3 heterocycles. The van der Waals surface area contributed by atoms with Gasteiger partial charge in [-0.2, -0.15) is 0 Å². The maximum Gasteiger partial charge on any atom is 0.271 e. The molecule has 102 valence electrons. The molecule has 1 saturated heterocycles. The quantitative estimate of drug-likeness (QED) is 0.921. The number of hydrogen-bond donors (Lipinski definition) is 1. The average Bonchev–Trinajstić information content (AvgIpc) is 3.10. The molecule has 1 unspecified atom stereocenters. The lowest BCUT2D eigenvalue weighted by Gasteiger charge is -2.07. The predicted molar refractivity (Wildman–Crippen MR) is 76.5 cm³/mol. The van der Waals surface area contributed by atoms with Gasteiger partial charge in [0.15, 0.2) is 0 Å². The van der Waals surface area contributed by atoms with Crippen molar-refractivity contribution in [3.63, 3.8) is 0 Å². The van der Waals surface area contributed by atoms with E-state index in [9.17, 15) is 9.59 Å². The minimum atomic E-state index is -0.394. The molecule has 0 bridgehead atoms. The van der Waals surface area contributed by atoms with Gasteiger partial charge in [-0.05, 0) is 6.42 Å². The Morgan fingerprint density at radius 1 is 1.40 bits per heavy atom. The van der Waals surface area contributed by atoms with Crippen LogP contribution in [0.2, 0.25) is 0 Å². The molecule has 1 aliphatic rings. The maximum absolute atomic E-state index is 12.0. The lowest BCUT2D eigenvalue weighted by Crippen LogP contribution is -2.37. The van der Waals surface area contributed by atoms with Gasteiger partial charge in [0.1, 0.15) is 16.4 Å². The summed E-state index contributed by atoms with van der Waals surface area (Å²) in [6.07, 6.45) is 5.42. The van der Waals surface area contributed by atoms with Crippen LogP contribution >= 0.6 is 23.1 Å². The monoisotopic (exact) mass is 306 g/mol. The molecule has 1 N–H and O–H groups in total. The zero-order valence-electron chi connectivity index (χ0n) is 10.3. The Bertz CT molecular complexity index is 644. The van der Waals surface area contributed by atoms with Crippen molar-refractivity contribution in [1.29, 1.82) is 0 Å². The van der Waals surface area contributed by atoms with Crippen molar-refractivity contribution in [2.24, 2.45) is 0 Å². The van der Waals surface area contributed by atoms with Crippen LogP contribution in [0.15, 0.2) is 24.0 Å². The molecule has 2 aromatic heterocycles. The highest BCUT2D eigenvalue weighted by molar-refractivity contribution is 8.14. The molecular formula is C12H10N4O2S2. The number of rotatable bonds is 3. The van der Waals surface area contributed by atoms with E-state index >= 15 is 0 Å². The van der Waals surface area contributed by atoms with E-state index in [1.54, 1.807) is 24.0 Å². The first-order valence-corrected chi connectivity index (χ1v) is 7.80. The molecular weight excluding hydrogens is 296 g/mol. The van der Waals surface area contributed by atoms with E-state index in [-0.39, 0.29) is 11.0 Å². The number of thiazole rings is 1. The highest BCUT2D eigenvalue weighted by Gasteiger charge is 2.27. The maximum atomic E-state index is 12.0. The van der Waals surface area contributed by atoms with Gasteiger partial charge in [-0.15, -0.1) is 11.3 Å². The van der Waals surface area contributed by atoms with Crippen LogP contribution in [-0.4, -0.2) is 37.8 Å². The molecule has 20 heavy (non-hydrogen) atoms. The second kappa shape index (κ2) is 5.68. The minimum absolute atomic E-state index is 0.0164. The molecule has 0 radical (unpaired) electrons. The minimum Gasteiger partial charge on any atom is -0.340 e. The summed E-state index contributed by atoms with van der Waals surface area (Å²) in [5.41, 5.74) is 0.935. The van der Waals surface area contributed by atoms with Crippen LogP contribution in [0.3, 0.4) is 0 Å². The molecule has 0 aliphatic carbocycles. The summed E-state index contributed by atoms with van der Waals surface area (Å²) >= 11 is 2.58. The largest absolute Gasteiger partial charge is 0.340 e. The summed E-state index contributed by atoms with van der Waals surface area (Å²) in [4.78, 5) is 35.8. The first kappa shape index (κ1) is 13.2. The number of carbonyl (C=O) groups is 2. The number of hydrogen-bond acceptors (Lipinski definition) is 7. The first-order chi connectivity index (χ1) is 9.74. The highest BCUT2D eigenvalue weighted by Crippen LogP contribution is 2.22. The fourth-order valence-electron chi connectivity index (χ4n) is 1.76. The van der Waals surface area contributed by atoms with Crippen LogP contribution in [-0.2, 0) is 4.79 Å². The van der Waals surface area contributed by atoms with Crippen molar-refractivity contribution in [2.45, 2.75) is 12.5 Å². The number of aromatic nitrogens is 3. The van der Waals surface area contributed by atoms with E-state index in [0.717, 1.165) is 5.75 Å². The van der Waals surface area contributed by atoms with Crippen molar-refractivity contribution in [3.05, 3.63) is 29.7 Å². The third-order valence-electron chi connectivity index (χ3n) is 2.76. The van der Waals surface area contributed by atoms with Gasteiger partial charge in [-0.1, -0.05) is 11.8 Å². The van der Waals surface area contributed by atoms with Crippen LogP contribution in [0.25, 0.3) is 10.7 Å². The smallest absolute Gasteiger partial charge is 0.271 e. The molecule has 0 aromatic carbocycles. The van der Waals surface area contributed by atoms with Crippen LogP contribution < -0.4 is 5.32 Å². The Morgan fingerprint density at radius 3 is 3.00 bits per heavy atom. The van der Waals surface area contributed by atoms with Crippen molar-refractivity contribution in [3.8, 4) is 10.7 Å². The average molecular weight is 306 g/mol. The summed E-state index contributed by atoms with van der Waals surface area (Å²) in [5, 5.41) is 5.02. The fourth-order valence-corrected chi connectivity index (χ4v) is 3.46. The third kappa shape index (κ3) is 2.70. The molecule has 1 amide bonds. The molecule has 1 atom stereocenters. The Kier molecular flexibility index (Phi) is 3.75. The Labute approximate surface area is 123 Å². The zero-order valence-corrected chi connectivity index (χ0v) is 11.9. The van der Waals surface area contributed by atoms with Gasteiger partial charge in [0.2, 0.25) is 5.12 Å². The summed E-state index contributed by atoms with van der Waals surface area (Å²) < 4.78 is 0. The normalized spacial score (nSPS) is 18.2. The third-order valence-corrected chi connectivity index (χ3v) is 4.63. The molecule has 2 aromatic rings. The Hall–Kier alpha value is -1.80. The van der Waals surface area contributed by atoms with Gasteiger partial charge in [0.25, 0.3) is 5.91 Å². The molecule has 0 saturated carbocycles. The van der Waals surface area contributed by atoms with Crippen LogP contribution in [0, 0.1) is 0 Å². The summed E-state index contributed by atoms with van der Waals surface area (Å²) in [6, 6.07) is -0.394. The van der Waals surface area contributed by atoms with Gasteiger partial charge >= 0.3 is 0 Å². The number of nitrogens with one attached hydrogen (secondary N) is 1. The summed E-state index contributed by atoms with van der Waals surface area (Å²) in [6.45, 7) is 0. The molecule has 3 rings (SSSR count). The van der Waals surface area contributed by atoms with E-state index in [1.165, 1.54) is 23.1 Å². The lowest BCUT2D eigenvalue weighted by molar-refractivity contribution is -0.112. The first-order valence-electron chi connectivity index (χ1n) is 5.93. The standard InChI is InChI=1S/C12H10N4O2S2/c17-10(15-7-1-4-19-12(7)18)9-6-20-11(16-9)8-5-13-2-3-14-8/h2-3,5-7H,1,4H2,(H,15,17). The summed E-state index contributed by atoms with van der Waals surface area (Å²) in [5.74, 6) is 0.434. The van der Waals surface area contributed by atoms with Gasteiger partial charge in [0.05, 0.1) is 12.2 Å². The predicted octanol–water partition coefficient (Wildman–Crippen LogP) is 1.36. The second-order valence-corrected chi connectivity index (χ2v) is 6.07. The van der Waals surface area contributed by atoms with E-state index in [0.29, 0.717) is 22.8 Å². The van der Waals surface area contributed by atoms with Crippen molar-refractivity contribution in [2.75, 3.05) is 5.75 Å². The topological polar surface area (TPSA) is 84.8 Å². The van der Waals surface area contributed by atoms with Crippen LogP contribution in [0.5, 0.6) is 0 Å². The van der Waals surface area contributed by atoms with Crippen molar-refractivity contribution >= 4 is 34.1 Å². The number of amides is 1. The lowest BCUT2D eigenvalue weighted by atomic mass is 10.2. The van der Waals surface area contributed by atoms with Crippen molar-refractivity contribution in [1.82, 2.24) is 20.3 Å². The highest BCUT2D eigenvalue weighted by atomic mass is 32.2. The SMILES string of the molecule is O=C(NC1CCSC1=O)c1csc(-c2cnccn2)n1. The van der Waals surface area contributed by atoms with Gasteiger partial charge < -0.3 is 5.32 Å². The van der Waals surface area contributed by atoms with E-state index in [4.69, 9.17) is 0 Å². The van der Waals surface area contributed by atoms with Gasteiger partial charge in [-0.3, -0.25) is 19.6 Å². The molecule has 8 heteroatoms. The molecule has 6 nitrogen and oxygen atoms in total. The van der Waals surface area contributed by atoms with E-state index in [1.807, 2.05) is 0 Å². The Balaban J connectivity index is 1.73. The zero-order chi connectivity index (χ0) is 13.9. The Morgan fingerprint density at radius 2 is 2.30 bits per heavy atom. The number of nitrogens with zero attached hydrogens (tertiary/aromatic N) is 3.